The summed E-state index contributed by atoms with van der Waals surface area (Å²) in [5.41, 5.74) is 1.21. The van der Waals surface area contributed by atoms with E-state index in [0.717, 1.165) is 5.56 Å². The van der Waals surface area contributed by atoms with E-state index in [1.54, 1.807) is 52.4 Å². The number of non-ortho nitro benzene ring substituents is 1. The Hall–Kier alpha value is -3.09. The highest BCUT2D eigenvalue weighted by Crippen LogP contribution is 2.35. The van der Waals surface area contributed by atoms with E-state index in [2.05, 4.69) is 0 Å². The van der Waals surface area contributed by atoms with Crippen LogP contribution in [0, 0.1) is 10.1 Å². The normalized spacial score (nSPS) is 11.5. The number of hydrogen-bond donors (Lipinski definition) is 0. The highest BCUT2D eigenvalue weighted by Gasteiger charge is 2.20. The van der Waals surface area contributed by atoms with Gasteiger partial charge in [0, 0.05) is 31.8 Å². The van der Waals surface area contributed by atoms with Crippen LogP contribution in [0.4, 0.5) is 5.69 Å². The van der Waals surface area contributed by atoms with Crippen molar-refractivity contribution in [1.29, 1.82) is 0 Å². The average molecular weight is 344 g/mol. The highest BCUT2D eigenvalue weighted by molar-refractivity contribution is 5.81. The van der Waals surface area contributed by atoms with Crippen LogP contribution in [-0.2, 0) is 4.79 Å². The Morgan fingerprint density at radius 2 is 1.80 bits per heavy atom. The molecular weight excluding hydrogens is 324 g/mol. The highest BCUT2D eigenvalue weighted by atomic mass is 16.6. The van der Waals surface area contributed by atoms with Crippen LogP contribution in [0.1, 0.15) is 6.92 Å². The zero-order valence-electron chi connectivity index (χ0n) is 14.6. The number of rotatable bonds is 6. The molecule has 1 atom stereocenters. The second-order valence-electron chi connectivity index (χ2n) is 5.66. The van der Waals surface area contributed by atoms with Crippen molar-refractivity contribution >= 4 is 11.6 Å². The van der Waals surface area contributed by atoms with E-state index in [0.29, 0.717) is 17.1 Å². The number of nitro groups is 1. The summed E-state index contributed by atoms with van der Waals surface area (Å²) in [6.45, 7) is 1.64. The molecule has 0 heterocycles. The number of carbonyl (C=O) groups is 1. The van der Waals surface area contributed by atoms with Gasteiger partial charge in [0.1, 0.15) is 11.5 Å². The monoisotopic (exact) mass is 344 g/mol. The molecule has 0 fully saturated rings. The summed E-state index contributed by atoms with van der Waals surface area (Å²) in [4.78, 5) is 24.1. The Morgan fingerprint density at radius 1 is 1.16 bits per heavy atom. The van der Waals surface area contributed by atoms with E-state index >= 15 is 0 Å². The number of nitro benzene ring substituents is 1. The van der Waals surface area contributed by atoms with E-state index in [4.69, 9.17) is 9.47 Å². The summed E-state index contributed by atoms with van der Waals surface area (Å²) in [6.07, 6.45) is -0.714. The van der Waals surface area contributed by atoms with Crippen LogP contribution < -0.4 is 9.47 Å². The second kappa shape index (κ2) is 7.65. The van der Waals surface area contributed by atoms with E-state index in [1.807, 2.05) is 0 Å². The molecule has 7 heteroatoms. The Kier molecular flexibility index (Phi) is 5.59. The van der Waals surface area contributed by atoms with Crippen molar-refractivity contribution in [3.05, 3.63) is 52.6 Å². The van der Waals surface area contributed by atoms with Gasteiger partial charge in [0.2, 0.25) is 0 Å². The fourth-order valence-electron chi connectivity index (χ4n) is 2.33. The minimum Gasteiger partial charge on any atom is -0.497 e. The first-order valence-corrected chi connectivity index (χ1v) is 7.64. The molecular formula is C18H20N2O5. The van der Waals surface area contributed by atoms with Crippen LogP contribution in [0.5, 0.6) is 11.5 Å². The molecule has 2 aromatic carbocycles. The minimum atomic E-state index is -0.714. The smallest absolute Gasteiger partial charge is 0.270 e. The van der Waals surface area contributed by atoms with Gasteiger partial charge < -0.3 is 14.4 Å². The van der Waals surface area contributed by atoms with Crippen LogP contribution in [0.3, 0.4) is 0 Å². The zero-order chi connectivity index (χ0) is 18.6. The van der Waals surface area contributed by atoms with Crippen LogP contribution in [-0.4, -0.2) is 43.0 Å². The molecule has 0 saturated carbocycles. The number of hydrogen-bond acceptors (Lipinski definition) is 5. The molecule has 0 N–H and O–H groups in total. The third-order valence-corrected chi connectivity index (χ3v) is 3.67. The fourth-order valence-corrected chi connectivity index (χ4v) is 2.33. The second-order valence-corrected chi connectivity index (χ2v) is 5.66. The third-order valence-electron chi connectivity index (χ3n) is 3.67. The van der Waals surface area contributed by atoms with Crippen molar-refractivity contribution in [3.63, 3.8) is 0 Å². The molecule has 0 aliphatic carbocycles. The SMILES string of the molecule is COc1ccc(-c2cc([N+](=O)[O-])ccc2O[C@H](C)C(=O)N(C)C)cc1. The number of carbonyl (C=O) groups excluding carboxylic acids is 1. The molecule has 0 aliphatic heterocycles. The van der Waals surface area contributed by atoms with Gasteiger partial charge in [-0.05, 0) is 30.7 Å². The topological polar surface area (TPSA) is 81.9 Å². The number of ether oxygens (including phenoxy) is 2. The van der Waals surface area contributed by atoms with Crippen molar-refractivity contribution in [1.82, 2.24) is 4.90 Å². The first-order chi connectivity index (χ1) is 11.8. The van der Waals surface area contributed by atoms with Gasteiger partial charge in [-0.3, -0.25) is 14.9 Å². The Labute approximate surface area is 145 Å². The quantitative estimate of drug-likeness (QED) is 0.594. The lowest BCUT2D eigenvalue weighted by Gasteiger charge is -2.20. The van der Waals surface area contributed by atoms with E-state index in [-0.39, 0.29) is 11.6 Å². The number of amides is 1. The van der Waals surface area contributed by atoms with Crippen molar-refractivity contribution in [2.45, 2.75) is 13.0 Å². The summed E-state index contributed by atoms with van der Waals surface area (Å²) in [7, 11) is 4.84. The lowest BCUT2D eigenvalue weighted by molar-refractivity contribution is -0.384. The Balaban J connectivity index is 2.44. The molecule has 7 nitrogen and oxygen atoms in total. The number of likely N-dealkylation sites (N-methyl/N-ethyl adjacent to an activating group) is 1. The fraction of sp³-hybridized carbons (Fsp3) is 0.278. The van der Waals surface area contributed by atoms with E-state index in [1.165, 1.54) is 23.1 Å². The summed E-state index contributed by atoms with van der Waals surface area (Å²) in [6, 6.07) is 11.4. The standard InChI is InChI=1S/C18H20N2O5/c1-12(18(21)19(2)3)25-17-10-7-14(20(22)23)11-16(17)13-5-8-15(24-4)9-6-13/h5-12H,1-4H3/t12-/m1/s1. The summed E-state index contributed by atoms with van der Waals surface area (Å²) in [5, 5.41) is 11.1. The largest absolute Gasteiger partial charge is 0.497 e. The van der Waals surface area contributed by atoms with Gasteiger partial charge in [0.15, 0.2) is 6.10 Å². The zero-order valence-corrected chi connectivity index (χ0v) is 14.6. The van der Waals surface area contributed by atoms with Gasteiger partial charge in [0.05, 0.1) is 12.0 Å². The molecule has 0 unspecified atom stereocenters. The molecule has 132 valence electrons. The van der Waals surface area contributed by atoms with Crippen molar-refractivity contribution in [2.24, 2.45) is 0 Å². The van der Waals surface area contributed by atoms with Crippen LogP contribution in [0.15, 0.2) is 42.5 Å². The van der Waals surface area contributed by atoms with Gasteiger partial charge in [0.25, 0.3) is 11.6 Å². The number of methoxy groups -OCH3 is 1. The van der Waals surface area contributed by atoms with E-state index in [9.17, 15) is 14.9 Å². The molecule has 0 aromatic heterocycles. The maximum absolute atomic E-state index is 12.0. The summed E-state index contributed by atoms with van der Waals surface area (Å²) >= 11 is 0. The Bertz CT molecular complexity index is 772. The molecule has 0 bridgehead atoms. The van der Waals surface area contributed by atoms with Gasteiger partial charge in [-0.2, -0.15) is 0 Å². The van der Waals surface area contributed by atoms with Crippen LogP contribution >= 0.6 is 0 Å². The average Bonchev–Trinajstić information content (AvgIpc) is 2.61. The molecule has 0 radical (unpaired) electrons. The van der Waals surface area contributed by atoms with Crippen molar-refractivity contribution < 1.29 is 19.2 Å². The molecule has 1 amide bonds. The third kappa shape index (κ3) is 4.26. The molecule has 0 aliphatic rings. The molecule has 2 aromatic rings. The molecule has 2 rings (SSSR count). The summed E-state index contributed by atoms with van der Waals surface area (Å²) in [5.74, 6) is 0.880. The first-order valence-electron chi connectivity index (χ1n) is 7.64. The summed E-state index contributed by atoms with van der Waals surface area (Å²) < 4.78 is 10.9. The first kappa shape index (κ1) is 18.3. The molecule has 0 saturated heterocycles. The minimum absolute atomic E-state index is 0.0512. The molecule has 25 heavy (non-hydrogen) atoms. The van der Waals surface area contributed by atoms with Gasteiger partial charge in [-0.25, -0.2) is 0 Å². The van der Waals surface area contributed by atoms with E-state index < -0.39 is 11.0 Å². The van der Waals surface area contributed by atoms with Gasteiger partial charge in [-0.15, -0.1) is 0 Å². The Morgan fingerprint density at radius 3 is 2.32 bits per heavy atom. The van der Waals surface area contributed by atoms with Crippen LogP contribution in [0.2, 0.25) is 0 Å². The lowest BCUT2D eigenvalue weighted by Crippen LogP contribution is -2.35. The maximum atomic E-state index is 12.0. The number of nitrogens with zero attached hydrogens (tertiary/aromatic N) is 2. The van der Waals surface area contributed by atoms with Crippen LogP contribution in [0.25, 0.3) is 11.1 Å². The maximum Gasteiger partial charge on any atom is 0.270 e. The van der Waals surface area contributed by atoms with Gasteiger partial charge in [-0.1, -0.05) is 12.1 Å². The predicted octanol–water partition coefficient (Wildman–Crippen LogP) is 3.13. The van der Waals surface area contributed by atoms with Crippen molar-refractivity contribution in [3.8, 4) is 22.6 Å². The predicted molar refractivity (Wildman–Crippen MR) is 93.9 cm³/mol. The van der Waals surface area contributed by atoms with Crippen molar-refractivity contribution in [2.75, 3.05) is 21.2 Å². The number of benzene rings is 2. The lowest BCUT2D eigenvalue weighted by atomic mass is 10.0. The molecule has 0 spiro atoms. The van der Waals surface area contributed by atoms with Gasteiger partial charge >= 0.3 is 0 Å².